The van der Waals surface area contributed by atoms with Crippen LogP contribution in [0.5, 0.6) is 0 Å². The molecule has 2 bridgehead atoms. The van der Waals surface area contributed by atoms with Crippen LogP contribution in [0.3, 0.4) is 0 Å². The van der Waals surface area contributed by atoms with Crippen molar-refractivity contribution < 1.29 is 28.7 Å². The molecule has 39 heavy (non-hydrogen) atoms. The molecule has 1 saturated carbocycles. The summed E-state index contributed by atoms with van der Waals surface area (Å²) in [5.74, 6) is -1.47. The third kappa shape index (κ3) is 5.22. The Labute approximate surface area is 227 Å². The van der Waals surface area contributed by atoms with Crippen LogP contribution in [0, 0.1) is 11.3 Å². The van der Waals surface area contributed by atoms with Gasteiger partial charge >= 0.3 is 5.97 Å². The van der Waals surface area contributed by atoms with Crippen LogP contribution in [0.15, 0.2) is 36.5 Å². The molecule has 1 aromatic heterocycles. The minimum atomic E-state index is -0.881. The number of nitrogens with one attached hydrogen (secondary N) is 2. The Bertz CT molecular complexity index is 1280. The molecule has 208 valence electrons. The van der Waals surface area contributed by atoms with Gasteiger partial charge in [0.05, 0.1) is 6.42 Å². The van der Waals surface area contributed by atoms with E-state index >= 15 is 0 Å². The molecular formula is C29H36N4O6. The molecule has 0 radical (unpaired) electrons. The molecule has 10 heteroatoms. The van der Waals surface area contributed by atoms with E-state index in [1.165, 1.54) is 0 Å². The van der Waals surface area contributed by atoms with Crippen LogP contribution in [0.1, 0.15) is 63.9 Å². The molecular weight excluding hydrogens is 500 g/mol. The maximum absolute atomic E-state index is 14.2. The summed E-state index contributed by atoms with van der Waals surface area (Å²) in [6.07, 6.45) is 3.14. The number of hydrogen-bond acceptors (Lipinski definition) is 7. The maximum atomic E-state index is 14.2. The van der Waals surface area contributed by atoms with E-state index in [0.29, 0.717) is 12.0 Å². The largest absolute Gasteiger partial charge is 0.433 e. The molecule has 1 unspecified atom stereocenters. The quantitative estimate of drug-likeness (QED) is 0.521. The van der Waals surface area contributed by atoms with E-state index in [2.05, 4.69) is 15.6 Å². The molecule has 3 heterocycles. The number of carbonyl (C=O) groups excluding carboxylic acids is 4. The Hall–Kier alpha value is -3.53. The van der Waals surface area contributed by atoms with Crippen molar-refractivity contribution in [1.82, 2.24) is 20.5 Å². The number of nitrogens with zero attached hydrogens (tertiary/aromatic N) is 2. The fourth-order valence-electron chi connectivity index (χ4n) is 6.18. The number of carbonyl (C=O) groups is 4. The topological polar surface area (TPSA) is 127 Å². The van der Waals surface area contributed by atoms with Crippen molar-refractivity contribution in [1.29, 1.82) is 0 Å². The van der Waals surface area contributed by atoms with Gasteiger partial charge in [-0.25, -0.2) is 0 Å². The van der Waals surface area contributed by atoms with Gasteiger partial charge in [-0.2, -0.15) is 0 Å². The van der Waals surface area contributed by atoms with Gasteiger partial charge in [-0.15, -0.1) is 0 Å². The molecule has 3 fully saturated rings. The molecule has 3 aliphatic rings. The van der Waals surface area contributed by atoms with Crippen LogP contribution in [-0.4, -0.2) is 70.6 Å². The number of benzene rings is 1. The standard InChI is InChI=1S/C29H36N4O6/c1-5-38-28-20(15-21(34)39-28)31-26(36)23-17-10-11-18(14-17)33(23)27(37)24(29(2,3)4)32-25(35)22-19-9-7-6-8-16(19)12-13-30-22/h6-9,12-13,17-18,20,23-24,28H,5,10-11,14-15H2,1-4H3,(H,31,36)(H,32,35)/t17-,18?,20-,23-,24+,28-/m0/s1. The second-order valence-electron chi connectivity index (χ2n) is 11.7. The first kappa shape index (κ1) is 27.1. The molecule has 10 nitrogen and oxygen atoms in total. The number of aromatic nitrogens is 1. The third-order valence-corrected chi connectivity index (χ3v) is 8.01. The highest BCUT2D eigenvalue weighted by molar-refractivity contribution is 6.06. The smallest absolute Gasteiger partial charge is 0.310 e. The Balaban J connectivity index is 1.38. The van der Waals surface area contributed by atoms with Crippen molar-refractivity contribution in [3.63, 3.8) is 0 Å². The van der Waals surface area contributed by atoms with E-state index in [0.717, 1.165) is 24.6 Å². The second-order valence-corrected chi connectivity index (χ2v) is 11.7. The summed E-state index contributed by atoms with van der Waals surface area (Å²) in [6.45, 7) is 7.80. The van der Waals surface area contributed by atoms with Crippen molar-refractivity contribution in [2.45, 2.75) is 83.8 Å². The summed E-state index contributed by atoms with van der Waals surface area (Å²) in [4.78, 5) is 59.1. The minimum absolute atomic E-state index is 0.0126. The van der Waals surface area contributed by atoms with Gasteiger partial charge in [0.1, 0.15) is 23.8 Å². The molecule has 2 saturated heterocycles. The minimum Gasteiger partial charge on any atom is -0.433 e. The number of piperidine rings is 1. The summed E-state index contributed by atoms with van der Waals surface area (Å²) in [5.41, 5.74) is -0.383. The van der Waals surface area contributed by atoms with Crippen LogP contribution in [-0.2, 0) is 23.9 Å². The SMILES string of the molecule is CCO[C@H]1OC(=O)C[C@@H]1NC(=O)[C@@H]1[C@H]2CCC(C2)N1C(=O)[C@@H](NC(=O)c1nccc2ccccc12)C(C)(C)C. The molecule has 6 atom stereocenters. The van der Waals surface area contributed by atoms with Crippen molar-refractivity contribution in [2.24, 2.45) is 11.3 Å². The average Bonchev–Trinajstić information content (AvgIpc) is 3.60. The van der Waals surface area contributed by atoms with Crippen molar-refractivity contribution >= 4 is 34.5 Å². The van der Waals surface area contributed by atoms with Crippen LogP contribution in [0.2, 0.25) is 0 Å². The lowest BCUT2D eigenvalue weighted by Crippen LogP contribution is -2.62. The van der Waals surface area contributed by atoms with Gasteiger partial charge in [0.15, 0.2) is 0 Å². The Kier molecular flexibility index (Phi) is 7.33. The van der Waals surface area contributed by atoms with E-state index in [4.69, 9.17) is 9.47 Å². The molecule has 2 N–H and O–H groups in total. The van der Waals surface area contributed by atoms with E-state index < -0.39 is 41.7 Å². The number of cyclic esters (lactones) is 1. The number of hydrogen-bond donors (Lipinski definition) is 2. The number of rotatable bonds is 7. The number of pyridine rings is 1. The highest BCUT2D eigenvalue weighted by atomic mass is 16.7. The molecule has 3 amide bonds. The zero-order valence-electron chi connectivity index (χ0n) is 22.8. The molecule has 1 aliphatic carbocycles. The first-order chi connectivity index (χ1) is 18.6. The van der Waals surface area contributed by atoms with Crippen molar-refractivity contribution in [3.05, 3.63) is 42.2 Å². The van der Waals surface area contributed by atoms with Crippen LogP contribution in [0.4, 0.5) is 0 Å². The highest BCUT2D eigenvalue weighted by Crippen LogP contribution is 2.44. The zero-order valence-corrected chi connectivity index (χ0v) is 22.8. The zero-order chi connectivity index (χ0) is 27.9. The Morgan fingerprint density at radius 3 is 2.69 bits per heavy atom. The van der Waals surface area contributed by atoms with E-state index in [-0.39, 0.29) is 35.9 Å². The molecule has 0 spiro atoms. The maximum Gasteiger partial charge on any atom is 0.310 e. The fraction of sp³-hybridized carbons (Fsp3) is 0.552. The number of likely N-dealkylation sites (tertiary alicyclic amines) is 1. The van der Waals surface area contributed by atoms with Crippen LogP contribution >= 0.6 is 0 Å². The number of fused-ring (bicyclic) bond motifs is 3. The summed E-state index contributed by atoms with van der Waals surface area (Å²) < 4.78 is 10.7. The number of amides is 3. The fourth-order valence-corrected chi connectivity index (χ4v) is 6.18. The van der Waals surface area contributed by atoms with E-state index in [9.17, 15) is 19.2 Å². The third-order valence-electron chi connectivity index (χ3n) is 8.01. The van der Waals surface area contributed by atoms with E-state index in [1.54, 1.807) is 18.0 Å². The summed E-state index contributed by atoms with van der Waals surface area (Å²) in [6, 6.07) is 7.04. The molecule has 2 aromatic rings. The summed E-state index contributed by atoms with van der Waals surface area (Å²) in [7, 11) is 0. The molecule has 1 aromatic carbocycles. The predicted molar refractivity (Wildman–Crippen MR) is 142 cm³/mol. The predicted octanol–water partition coefficient (Wildman–Crippen LogP) is 2.55. The summed E-state index contributed by atoms with van der Waals surface area (Å²) in [5, 5.41) is 7.45. The monoisotopic (exact) mass is 536 g/mol. The van der Waals surface area contributed by atoms with Crippen LogP contribution < -0.4 is 10.6 Å². The summed E-state index contributed by atoms with van der Waals surface area (Å²) >= 11 is 0. The van der Waals surface area contributed by atoms with E-state index in [1.807, 2.05) is 51.1 Å². The Morgan fingerprint density at radius 2 is 1.95 bits per heavy atom. The lowest BCUT2D eigenvalue weighted by molar-refractivity contribution is -0.165. The van der Waals surface area contributed by atoms with Crippen molar-refractivity contribution in [3.8, 4) is 0 Å². The van der Waals surface area contributed by atoms with Gasteiger partial charge in [-0.05, 0) is 49.0 Å². The lowest BCUT2D eigenvalue weighted by atomic mass is 9.84. The first-order valence-electron chi connectivity index (χ1n) is 13.7. The van der Waals surface area contributed by atoms with Gasteiger partial charge in [0.2, 0.25) is 18.1 Å². The van der Waals surface area contributed by atoms with Gasteiger partial charge in [0, 0.05) is 24.2 Å². The Morgan fingerprint density at radius 1 is 1.18 bits per heavy atom. The normalized spacial score (nSPS) is 26.9. The van der Waals surface area contributed by atoms with Gasteiger partial charge < -0.3 is 25.0 Å². The van der Waals surface area contributed by atoms with Crippen LogP contribution in [0.25, 0.3) is 10.8 Å². The number of esters is 1. The van der Waals surface area contributed by atoms with Gasteiger partial charge in [-0.1, -0.05) is 45.0 Å². The molecule has 5 rings (SSSR count). The lowest BCUT2D eigenvalue weighted by Gasteiger charge is -2.40. The average molecular weight is 537 g/mol. The second kappa shape index (κ2) is 10.6. The highest BCUT2D eigenvalue weighted by Gasteiger charge is 2.54. The number of ether oxygens (including phenoxy) is 2. The van der Waals surface area contributed by atoms with Gasteiger partial charge in [-0.3, -0.25) is 24.2 Å². The van der Waals surface area contributed by atoms with Crippen molar-refractivity contribution in [2.75, 3.05) is 6.61 Å². The van der Waals surface area contributed by atoms with Gasteiger partial charge in [0.25, 0.3) is 5.91 Å². The first-order valence-corrected chi connectivity index (χ1v) is 13.7. The molecule has 2 aliphatic heterocycles.